The summed E-state index contributed by atoms with van der Waals surface area (Å²) >= 11 is 0. The molecule has 0 bridgehead atoms. The van der Waals surface area contributed by atoms with Crippen molar-refractivity contribution in [1.82, 2.24) is 28.7 Å². The highest BCUT2D eigenvalue weighted by Crippen LogP contribution is 2.50. The Hall–Kier alpha value is -18.0. The Morgan fingerprint density at radius 1 is 0.119 bits per heavy atom. The Morgan fingerprint density at radius 3 is 0.630 bits per heavy atom. The lowest BCUT2D eigenvalue weighted by atomic mass is 9.83. The Kier molecular flexibility index (Phi) is 19.9. The zero-order valence-electron chi connectivity index (χ0n) is 73.7. The topological polar surface area (TPSA) is 53.5 Å². The van der Waals surface area contributed by atoms with Crippen LogP contribution >= 0.6 is 0 Å². The maximum Gasteiger partial charge on any atom is 0.0702 e. The van der Waals surface area contributed by atoms with Crippen LogP contribution in [-0.2, 0) is 0 Å². The van der Waals surface area contributed by atoms with E-state index in [2.05, 4.69) is 487 Å². The molecule has 0 aliphatic heterocycles. The van der Waals surface area contributed by atoms with Gasteiger partial charge in [-0.15, -0.1) is 0 Å². The van der Waals surface area contributed by atoms with Crippen molar-refractivity contribution in [3.8, 4) is 184 Å². The van der Waals surface area contributed by atoms with Gasteiger partial charge in [-0.3, -0.25) is 15.0 Å². The molecule has 25 aromatic rings. The average Bonchev–Trinajstić information content (AvgIpc) is 1.55. The van der Waals surface area contributed by atoms with Gasteiger partial charge in [-0.25, -0.2) is 0 Å². The maximum absolute atomic E-state index is 4.97. The third-order valence-corrected chi connectivity index (χ3v) is 27.1. The van der Waals surface area contributed by atoms with Crippen molar-refractivity contribution < 1.29 is 0 Å². The summed E-state index contributed by atoms with van der Waals surface area (Å²) in [5.41, 5.74) is 42.6. The van der Waals surface area contributed by atoms with Gasteiger partial charge in [0.1, 0.15) is 0 Å². The van der Waals surface area contributed by atoms with Crippen molar-refractivity contribution in [1.29, 1.82) is 0 Å². The summed E-state index contributed by atoms with van der Waals surface area (Å²) in [4.78, 5) is 14.9. The van der Waals surface area contributed by atoms with Gasteiger partial charge in [-0.1, -0.05) is 328 Å². The average molecular weight is 1720 g/mol. The molecule has 135 heavy (non-hydrogen) atoms. The first-order valence-corrected chi connectivity index (χ1v) is 46.1. The van der Waals surface area contributed by atoms with E-state index in [1.807, 2.05) is 36.8 Å². The molecule has 0 aliphatic rings. The number of para-hydroxylation sites is 3. The van der Waals surface area contributed by atoms with Gasteiger partial charge in [0, 0.05) is 84.7 Å². The lowest BCUT2D eigenvalue weighted by molar-refractivity contribution is 1.18. The molecule has 0 atom stereocenters. The van der Waals surface area contributed by atoms with Gasteiger partial charge in [-0.2, -0.15) is 0 Å². The molecule has 0 radical (unpaired) electrons. The maximum atomic E-state index is 4.97. The third kappa shape index (κ3) is 14.4. The molecule has 0 aliphatic carbocycles. The van der Waals surface area contributed by atoms with E-state index in [4.69, 9.17) is 15.0 Å². The molecule has 0 fully saturated rings. The zero-order chi connectivity index (χ0) is 89.2. The van der Waals surface area contributed by atoms with E-state index in [0.29, 0.717) is 0 Å². The standard InChI is InChI=1S/C129H84N6/c1-4-28-85(29-5-1)91-58-70-127-118(79-91)112-40-16-19-46-124(112)133(127)100-61-49-88(50-62-100)115-82-94(121-43-22-25-73-130-121)55-67-109(115)106-37-13-10-34-103(106)97-76-98(104-35-11-14-38-107(104)110-68-56-95(122-44-23-26-74-131-122)83-116(110)89-51-63-101(64-52-89)134-125-47-20-17-41-113(125)119-80-92(59-71-128(119)134)86-30-6-2-7-31-86)78-99(77-97)105-36-12-15-39-108(105)111-69-57-96(123-45-24-27-75-132-123)84-117(111)90-53-65-102(66-54-90)135-126-48-21-18-42-114(126)120-81-93(60-72-129(120)135)87-32-8-3-9-33-87/h1-84H. The molecular weight excluding hydrogens is 1630 g/mol. The Bertz CT molecular complexity index is 8010. The zero-order valence-corrected chi connectivity index (χ0v) is 73.7. The Morgan fingerprint density at radius 2 is 0.348 bits per heavy atom. The summed E-state index contributed by atoms with van der Waals surface area (Å²) in [6, 6.07) is 180. The highest BCUT2D eigenvalue weighted by Gasteiger charge is 2.25. The second kappa shape index (κ2) is 33.8. The first kappa shape index (κ1) is 79.2. The Labute approximate surface area is 782 Å². The van der Waals surface area contributed by atoms with Crippen molar-refractivity contribution >= 4 is 65.4 Å². The molecule has 0 amide bonds. The number of hydrogen-bond acceptors (Lipinski definition) is 3. The van der Waals surface area contributed by atoms with Crippen LogP contribution in [0, 0.1) is 0 Å². The van der Waals surface area contributed by atoms with Crippen molar-refractivity contribution in [3.63, 3.8) is 0 Å². The molecule has 0 spiro atoms. The van der Waals surface area contributed by atoms with E-state index in [9.17, 15) is 0 Å². The van der Waals surface area contributed by atoms with Gasteiger partial charge in [0.25, 0.3) is 0 Å². The molecule has 25 rings (SSSR count). The van der Waals surface area contributed by atoms with E-state index in [1.54, 1.807) is 0 Å². The summed E-state index contributed by atoms with van der Waals surface area (Å²) in [5.74, 6) is 0. The van der Waals surface area contributed by atoms with E-state index >= 15 is 0 Å². The number of nitrogens with zero attached hydrogens (tertiary/aromatic N) is 6. The molecule has 6 heterocycles. The predicted octanol–water partition coefficient (Wildman–Crippen LogP) is 34.2. The van der Waals surface area contributed by atoms with Crippen LogP contribution in [0.1, 0.15) is 0 Å². The minimum absolute atomic E-state index is 0.901. The largest absolute Gasteiger partial charge is 0.309 e. The fourth-order valence-electron chi connectivity index (χ4n) is 20.7. The van der Waals surface area contributed by atoms with Crippen LogP contribution in [-0.4, -0.2) is 28.7 Å². The highest BCUT2D eigenvalue weighted by atomic mass is 15.0. The summed E-state index contributed by atoms with van der Waals surface area (Å²) in [6.07, 6.45) is 5.66. The lowest BCUT2D eigenvalue weighted by Crippen LogP contribution is -1.96. The SMILES string of the molecule is c1ccc(-c2ccc3c(c2)c2ccccc2n3-c2ccc(-c3cc(-c4ccccn4)ccc3-c3ccccc3-c3cc(-c4ccccc4-c4ccc(-c5ccccn5)cc4-c4ccc(-n5c6ccccc6c6cc(-c7ccccc7)ccc65)cc4)cc(-c4ccccc4-c4ccc(-c5ccccn5)cc4-c4ccc(-n5c6ccccc6c6cc(-c7ccccc7)ccc65)cc4)c3)cc2)cc1. The minimum atomic E-state index is 0.901. The molecule has 0 unspecified atom stereocenters. The molecule has 6 aromatic heterocycles. The summed E-state index contributed by atoms with van der Waals surface area (Å²) < 4.78 is 7.25. The first-order valence-electron chi connectivity index (χ1n) is 46.1. The highest BCUT2D eigenvalue weighted by molar-refractivity contribution is 6.14. The van der Waals surface area contributed by atoms with E-state index < -0.39 is 0 Å². The molecule has 19 aromatic carbocycles. The minimum Gasteiger partial charge on any atom is -0.309 e. The van der Waals surface area contributed by atoms with Gasteiger partial charge in [0.05, 0.1) is 50.2 Å². The number of benzene rings is 19. The fraction of sp³-hybridized carbons (Fsp3) is 0. The Balaban J connectivity index is 0.666. The van der Waals surface area contributed by atoms with Crippen molar-refractivity contribution in [2.24, 2.45) is 0 Å². The van der Waals surface area contributed by atoms with E-state index in [1.165, 1.54) is 65.7 Å². The molecule has 6 nitrogen and oxygen atoms in total. The van der Waals surface area contributed by atoms with Gasteiger partial charge < -0.3 is 13.7 Å². The first-order chi connectivity index (χ1) is 66.9. The van der Waals surface area contributed by atoms with Crippen LogP contribution in [0.2, 0.25) is 0 Å². The molecule has 0 saturated heterocycles. The van der Waals surface area contributed by atoms with Crippen LogP contribution < -0.4 is 0 Å². The molecular formula is C129H84N6. The smallest absolute Gasteiger partial charge is 0.0702 e. The van der Waals surface area contributed by atoms with Gasteiger partial charge in [-0.05, 0) is 297 Å². The van der Waals surface area contributed by atoms with E-state index in [-0.39, 0.29) is 0 Å². The van der Waals surface area contributed by atoms with Crippen molar-refractivity contribution in [2.75, 3.05) is 0 Å². The number of fused-ring (bicyclic) bond motifs is 9. The second-order valence-electron chi connectivity index (χ2n) is 34.9. The van der Waals surface area contributed by atoms with Crippen molar-refractivity contribution in [2.45, 2.75) is 0 Å². The fourth-order valence-corrected chi connectivity index (χ4v) is 20.7. The number of rotatable bonds is 18. The summed E-state index contributed by atoms with van der Waals surface area (Å²) in [5, 5.41) is 7.27. The number of aromatic nitrogens is 6. The normalized spacial score (nSPS) is 11.6. The van der Waals surface area contributed by atoms with E-state index in [0.717, 1.165) is 184 Å². The van der Waals surface area contributed by atoms with Gasteiger partial charge in [0.2, 0.25) is 0 Å². The van der Waals surface area contributed by atoms with Crippen LogP contribution in [0.4, 0.5) is 0 Å². The van der Waals surface area contributed by atoms with Crippen LogP contribution in [0.25, 0.3) is 250 Å². The van der Waals surface area contributed by atoms with Gasteiger partial charge in [0.15, 0.2) is 0 Å². The quantitative estimate of drug-likeness (QED) is 0.0860. The summed E-state index contributed by atoms with van der Waals surface area (Å²) in [6.45, 7) is 0. The predicted molar refractivity (Wildman–Crippen MR) is 564 cm³/mol. The van der Waals surface area contributed by atoms with Crippen LogP contribution in [0.5, 0.6) is 0 Å². The number of pyridine rings is 3. The second-order valence-corrected chi connectivity index (χ2v) is 34.9. The molecule has 0 N–H and O–H groups in total. The number of hydrogen-bond donors (Lipinski definition) is 0. The lowest BCUT2D eigenvalue weighted by Gasteiger charge is -2.21. The summed E-state index contributed by atoms with van der Waals surface area (Å²) in [7, 11) is 0. The van der Waals surface area contributed by atoms with Crippen LogP contribution in [0.15, 0.2) is 510 Å². The molecule has 6 heteroatoms. The molecule has 630 valence electrons. The van der Waals surface area contributed by atoms with Gasteiger partial charge >= 0.3 is 0 Å². The van der Waals surface area contributed by atoms with Crippen molar-refractivity contribution in [3.05, 3.63) is 510 Å². The monoisotopic (exact) mass is 1720 g/mol. The van der Waals surface area contributed by atoms with Crippen LogP contribution in [0.3, 0.4) is 0 Å². The molecule has 0 saturated carbocycles. The third-order valence-electron chi connectivity index (χ3n) is 27.1.